The highest BCUT2D eigenvalue weighted by atomic mass is 32.2. The summed E-state index contributed by atoms with van der Waals surface area (Å²) >= 11 is 0. The van der Waals surface area contributed by atoms with Gasteiger partial charge >= 0.3 is 0 Å². The zero-order valence-corrected chi connectivity index (χ0v) is 13.8. The van der Waals surface area contributed by atoms with Crippen molar-refractivity contribution in [2.45, 2.75) is 39.3 Å². The third kappa shape index (κ3) is 5.32. The number of sulfone groups is 1. The van der Waals surface area contributed by atoms with Gasteiger partial charge in [0.1, 0.15) is 0 Å². The van der Waals surface area contributed by atoms with E-state index in [2.05, 4.69) is 22.3 Å². The van der Waals surface area contributed by atoms with Crippen molar-refractivity contribution in [3.63, 3.8) is 0 Å². The molecule has 1 saturated heterocycles. The highest BCUT2D eigenvalue weighted by molar-refractivity contribution is 7.91. The molecule has 0 spiro atoms. The van der Waals surface area contributed by atoms with Gasteiger partial charge in [0.2, 0.25) is 0 Å². The summed E-state index contributed by atoms with van der Waals surface area (Å²) in [6.07, 6.45) is 2.59. The van der Waals surface area contributed by atoms with Gasteiger partial charge in [0, 0.05) is 24.0 Å². The molecule has 0 aromatic heterocycles. The molecule has 1 N–H and O–H groups in total. The van der Waals surface area contributed by atoms with Crippen LogP contribution >= 0.6 is 0 Å². The van der Waals surface area contributed by atoms with E-state index in [4.69, 9.17) is 0 Å². The molecule has 118 valence electrons. The number of likely N-dealkylation sites (tertiary alicyclic amines) is 1. The van der Waals surface area contributed by atoms with E-state index < -0.39 is 9.84 Å². The van der Waals surface area contributed by atoms with E-state index in [-0.39, 0.29) is 17.5 Å². The molecule has 1 heterocycles. The van der Waals surface area contributed by atoms with Gasteiger partial charge in [0.25, 0.3) is 0 Å². The standard InChI is InChI=1S/C16H26N2O2S/c1-3-21(19,20)13-14(2)17-16-8-6-7-15(11-16)12-18-9-4-5-10-18/h6-8,11,14,17H,3-5,9-10,12-13H2,1-2H3. The van der Waals surface area contributed by atoms with E-state index >= 15 is 0 Å². The van der Waals surface area contributed by atoms with Crippen molar-refractivity contribution in [1.82, 2.24) is 4.90 Å². The third-order valence-corrected chi connectivity index (χ3v) is 5.78. The number of benzene rings is 1. The van der Waals surface area contributed by atoms with Gasteiger partial charge in [-0.2, -0.15) is 0 Å². The van der Waals surface area contributed by atoms with Gasteiger partial charge in [-0.1, -0.05) is 19.1 Å². The van der Waals surface area contributed by atoms with Crippen LogP contribution in [0.15, 0.2) is 24.3 Å². The smallest absolute Gasteiger partial charge is 0.152 e. The van der Waals surface area contributed by atoms with Gasteiger partial charge < -0.3 is 5.32 Å². The molecule has 21 heavy (non-hydrogen) atoms. The van der Waals surface area contributed by atoms with Gasteiger partial charge in [0.15, 0.2) is 9.84 Å². The molecule has 5 heteroatoms. The Hall–Kier alpha value is -1.07. The van der Waals surface area contributed by atoms with Gasteiger partial charge in [-0.3, -0.25) is 4.90 Å². The normalized spacial score (nSPS) is 17.8. The maximum Gasteiger partial charge on any atom is 0.152 e. The van der Waals surface area contributed by atoms with Gasteiger partial charge in [-0.15, -0.1) is 0 Å². The van der Waals surface area contributed by atoms with Gasteiger partial charge in [-0.05, 0) is 50.6 Å². The monoisotopic (exact) mass is 310 g/mol. The van der Waals surface area contributed by atoms with Crippen LogP contribution in [0.5, 0.6) is 0 Å². The Morgan fingerprint density at radius 2 is 2.00 bits per heavy atom. The van der Waals surface area contributed by atoms with Crippen LogP contribution in [-0.4, -0.2) is 44.0 Å². The zero-order chi connectivity index (χ0) is 15.3. The molecular weight excluding hydrogens is 284 g/mol. The number of nitrogens with one attached hydrogen (secondary N) is 1. The first kappa shape index (κ1) is 16.3. The predicted molar refractivity (Wildman–Crippen MR) is 88.4 cm³/mol. The van der Waals surface area contributed by atoms with Crippen molar-refractivity contribution in [1.29, 1.82) is 0 Å². The van der Waals surface area contributed by atoms with Crippen LogP contribution in [0.25, 0.3) is 0 Å². The maximum atomic E-state index is 11.7. The van der Waals surface area contributed by atoms with Gasteiger partial charge in [0.05, 0.1) is 5.75 Å². The fourth-order valence-corrected chi connectivity index (χ4v) is 3.86. The number of hydrogen-bond acceptors (Lipinski definition) is 4. The Morgan fingerprint density at radius 1 is 1.29 bits per heavy atom. The largest absolute Gasteiger partial charge is 0.382 e. The highest BCUT2D eigenvalue weighted by Gasteiger charge is 2.14. The van der Waals surface area contributed by atoms with E-state index in [0.29, 0.717) is 0 Å². The number of hydrogen-bond donors (Lipinski definition) is 1. The van der Waals surface area contributed by atoms with Crippen LogP contribution in [0, 0.1) is 0 Å². The lowest BCUT2D eigenvalue weighted by molar-refractivity contribution is 0.331. The first-order valence-corrected chi connectivity index (χ1v) is 9.59. The molecule has 1 aromatic carbocycles. The molecule has 4 nitrogen and oxygen atoms in total. The van der Waals surface area contributed by atoms with E-state index in [1.54, 1.807) is 6.92 Å². The molecule has 1 fully saturated rings. The SMILES string of the molecule is CCS(=O)(=O)CC(C)Nc1cccc(CN2CCCC2)c1. The van der Waals surface area contributed by atoms with Crippen molar-refractivity contribution in [2.24, 2.45) is 0 Å². The Labute approximate surface area is 128 Å². The van der Waals surface area contributed by atoms with E-state index in [1.165, 1.54) is 31.5 Å². The third-order valence-electron chi connectivity index (χ3n) is 3.89. The summed E-state index contributed by atoms with van der Waals surface area (Å²) in [5, 5.41) is 3.30. The van der Waals surface area contributed by atoms with E-state index in [0.717, 1.165) is 12.2 Å². The second-order valence-electron chi connectivity index (χ2n) is 5.93. The predicted octanol–water partition coefficient (Wildman–Crippen LogP) is 2.52. The molecule has 0 saturated carbocycles. The lowest BCUT2D eigenvalue weighted by atomic mass is 10.2. The second-order valence-corrected chi connectivity index (χ2v) is 8.33. The molecule has 0 radical (unpaired) electrons. The van der Waals surface area contributed by atoms with E-state index in [9.17, 15) is 8.42 Å². The van der Waals surface area contributed by atoms with Crippen LogP contribution in [0.1, 0.15) is 32.3 Å². The lowest BCUT2D eigenvalue weighted by Gasteiger charge is -2.18. The van der Waals surface area contributed by atoms with Crippen LogP contribution in [0.3, 0.4) is 0 Å². The summed E-state index contributed by atoms with van der Waals surface area (Å²) in [7, 11) is -2.94. The molecular formula is C16H26N2O2S. The number of nitrogens with zero attached hydrogens (tertiary/aromatic N) is 1. The van der Waals surface area contributed by atoms with Gasteiger partial charge in [-0.25, -0.2) is 8.42 Å². The summed E-state index contributed by atoms with van der Waals surface area (Å²) in [6, 6.07) is 8.23. The van der Waals surface area contributed by atoms with Crippen molar-refractivity contribution in [3.05, 3.63) is 29.8 Å². The molecule has 0 aliphatic carbocycles. The summed E-state index contributed by atoms with van der Waals surface area (Å²) in [6.45, 7) is 6.96. The van der Waals surface area contributed by atoms with E-state index in [1.807, 2.05) is 19.1 Å². The maximum absolute atomic E-state index is 11.7. The molecule has 1 unspecified atom stereocenters. The lowest BCUT2D eigenvalue weighted by Crippen LogP contribution is -2.26. The summed E-state index contributed by atoms with van der Waals surface area (Å²) in [4.78, 5) is 2.46. The topological polar surface area (TPSA) is 49.4 Å². The minimum Gasteiger partial charge on any atom is -0.382 e. The quantitative estimate of drug-likeness (QED) is 0.841. The average Bonchev–Trinajstić information content (AvgIpc) is 2.91. The fraction of sp³-hybridized carbons (Fsp3) is 0.625. The Morgan fingerprint density at radius 3 is 2.67 bits per heavy atom. The minimum absolute atomic E-state index is 0.0722. The Balaban J connectivity index is 1.93. The molecule has 1 aliphatic rings. The highest BCUT2D eigenvalue weighted by Crippen LogP contribution is 2.17. The van der Waals surface area contributed by atoms with Crippen LogP contribution in [0.2, 0.25) is 0 Å². The number of anilines is 1. The Bertz CT molecular complexity index is 551. The molecule has 2 rings (SSSR count). The number of rotatable bonds is 7. The van der Waals surface area contributed by atoms with Crippen molar-refractivity contribution in [2.75, 3.05) is 29.9 Å². The fourth-order valence-electron chi connectivity index (χ4n) is 2.78. The summed E-state index contributed by atoms with van der Waals surface area (Å²) in [5.41, 5.74) is 2.29. The first-order chi connectivity index (χ1) is 9.98. The van der Waals surface area contributed by atoms with Crippen molar-refractivity contribution >= 4 is 15.5 Å². The second kappa shape index (κ2) is 7.27. The molecule has 1 aliphatic heterocycles. The summed E-state index contributed by atoms with van der Waals surface area (Å²) < 4.78 is 23.3. The average molecular weight is 310 g/mol. The Kier molecular flexibility index (Phi) is 5.65. The van der Waals surface area contributed by atoms with Crippen LogP contribution < -0.4 is 5.32 Å². The van der Waals surface area contributed by atoms with Crippen LogP contribution in [0.4, 0.5) is 5.69 Å². The molecule has 1 atom stereocenters. The van der Waals surface area contributed by atoms with Crippen LogP contribution in [-0.2, 0) is 16.4 Å². The zero-order valence-electron chi connectivity index (χ0n) is 13.0. The molecule has 0 amide bonds. The molecule has 0 bridgehead atoms. The summed E-state index contributed by atoms with van der Waals surface area (Å²) in [5.74, 6) is 0.383. The minimum atomic E-state index is -2.94. The molecule has 1 aromatic rings. The van der Waals surface area contributed by atoms with Crippen molar-refractivity contribution in [3.8, 4) is 0 Å². The van der Waals surface area contributed by atoms with Crippen molar-refractivity contribution < 1.29 is 8.42 Å². The first-order valence-electron chi connectivity index (χ1n) is 7.77.